The number of hydrogen-bond acceptors (Lipinski definition) is 3. The molecule has 0 bridgehead atoms. The van der Waals surface area contributed by atoms with Crippen LogP contribution >= 0.6 is 0 Å². The van der Waals surface area contributed by atoms with E-state index in [4.69, 9.17) is 9.15 Å². The van der Waals surface area contributed by atoms with Gasteiger partial charge in [0.2, 0.25) is 0 Å². The third-order valence-electron chi connectivity index (χ3n) is 2.59. The first-order valence-electron chi connectivity index (χ1n) is 5.26. The van der Waals surface area contributed by atoms with Crippen molar-refractivity contribution in [3.63, 3.8) is 0 Å². The Bertz CT molecular complexity index is 252. The fourth-order valence-corrected chi connectivity index (χ4v) is 1.81. The molecule has 1 aromatic heterocycles. The van der Waals surface area contributed by atoms with E-state index in [1.807, 2.05) is 19.1 Å². The number of hydrogen-bond donors (Lipinski definition) is 1. The fraction of sp³-hybridized carbons (Fsp3) is 0.636. The van der Waals surface area contributed by atoms with Crippen LogP contribution in [0.25, 0.3) is 0 Å². The number of furan rings is 1. The highest BCUT2D eigenvalue weighted by Crippen LogP contribution is 2.20. The quantitative estimate of drug-likeness (QED) is 0.802. The third kappa shape index (κ3) is 2.36. The van der Waals surface area contributed by atoms with E-state index in [9.17, 15) is 0 Å². The van der Waals surface area contributed by atoms with Crippen molar-refractivity contribution in [2.45, 2.75) is 32.0 Å². The van der Waals surface area contributed by atoms with Crippen LogP contribution in [0.15, 0.2) is 22.8 Å². The minimum Gasteiger partial charge on any atom is -0.467 e. The standard InChI is InChI=1S/C11H17NO2/c1-9(11-5-3-7-13-11)14-10-4-2-6-12-8-10/h3,5,7,9-10,12H,2,4,6,8H2,1H3/t9-,10+/m1/s1. The van der Waals surface area contributed by atoms with Gasteiger partial charge in [0.05, 0.1) is 12.4 Å². The van der Waals surface area contributed by atoms with Gasteiger partial charge in [0, 0.05) is 6.54 Å². The molecule has 1 fully saturated rings. The highest BCUT2D eigenvalue weighted by atomic mass is 16.5. The van der Waals surface area contributed by atoms with Gasteiger partial charge in [-0.3, -0.25) is 0 Å². The lowest BCUT2D eigenvalue weighted by Crippen LogP contribution is -2.35. The molecule has 0 amide bonds. The van der Waals surface area contributed by atoms with Crippen molar-refractivity contribution >= 4 is 0 Å². The summed E-state index contributed by atoms with van der Waals surface area (Å²) in [7, 11) is 0. The summed E-state index contributed by atoms with van der Waals surface area (Å²) in [5.41, 5.74) is 0. The molecule has 2 atom stereocenters. The normalized spacial score (nSPS) is 24.8. The number of piperidine rings is 1. The van der Waals surface area contributed by atoms with Crippen molar-refractivity contribution < 1.29 is 9.15 Å². The second-order valence-electron chi connectivity index (χ2n) is 3.76. The van der Waals surface area contributed by atoms with Crippen molar-refractivity contribution in [1.29, 1.82) is 0 Å². The van der Waals surface area contributed by atoms with E-state index in [0.717, 1.165) is 25.3 Å². The molecule has 2 heterocycles. The SMILES string of the molecule is C[C@@H](O[C@H]1CCCNC1)c1ccco1. The maximum absolute atomic E-state index is 5.88. The maximum atomic E-state index is 5.88. The molecule has 14 heavy (non-hydrogen) atoms. The Labute approximate surface area is 84.4 Å². The zero-order valence-corrected chi connectivity index (χ0v) is 8.53. The van der Waals surface area contributed by atoms with Crippen LogP contribution in [0.2, 0.25) is 0 Å². The average Bonchev–Trinajstić information content (AvgIpc) is 2.72. The lowest BCUT2D eigenvalue weighted by Gasteiger charge is -2.25. The Morgan fingerprint density at radius 3 is 3.21 bits per heavy atom. The molecular formula is C11H17NO2. The second-order valence-corrected chi connectivity index (χ2v) is 3.76. The van der Waals surface area contributed by atoms with Crippen LogP contribution < -0.4 is 5.32 Å². The summed E-state index contributed by atoms with van der Waals surface area (Å²) in [5.74, 6) is 0.913. The largest absolute Gasteiger partial charge is 0.467 e. The summed E-state index contributed by atoms with van der Waals surface area (Å²) in [4.78, 5) is 0. The van der Waals surface area contributed by atoms with E-state index in [0.29, 0.717) is 6.10 Å². The first-order chi connectivity index (χ1) is 6.86. The zero-order chi connectivity index (χ0) is 9.80. The molecule has 1 aromatic rings. The van der Waals surface area contributed by atoms with Gasteiger partial charge in [0.15, 0.2) is 0 Å². The average molecular weight is 195 g/mol. The molecule has 2 rings (SSSR count). The van der Waals surface area contributed by atoms with Gasteiger partial charge < -0.3 is 14.5 Å². The molecule has 0 saturated carbocycles. The summed E-state index contributed by atoms with van der Waals surface area (Å²) in [6.07, 6.45) is 4.45. The molecule has 3 heteroatoms. The Balaban J connectivity index is 1.84. The third-order valence-corrected chi connectivity index (χ3v) is 2.59. The Morgan fingerprint density at radius 1 is 1.64 bits per heavy atom. The summed E-state index contributed by atoms with van der Waals surface area (Å²) in [6.45, 7) is 4.12. The molecular weight excluding hydrogens is 178 g/mol. The molecule has 3 nitrogen and oxygen atoms in total. The van der Waals surface area contributed by atoms with Crippen LogP contribution in [-0.4, -0.2) is 19.2 Å². The van der Waals surface area contributed by atoms with Gasteiger partial charge in [-0.1, -0.05) is 0 Å². The summed E-state index contributed by atoms with van der Waals surface area (Å²) in [5, 5.41) is 3.33. The molecule has 0 aromatic carbocycles. The Hall–Kier alpha value is -0.800. The van der Waals surface area contributed by atoms with E-state index in [2.05, 4.69) is 5.32 Å². The molecule has 78 valence electrons. The van der Waals surface area contributed by atoms with Crippen LogP contribution in [0.1, 0.15) is 31.6 Å². The van der Waals surface area contributed by atoms with E-state index in [1.165, 1.54) is 6.42 Å². The van der Waals surface area contributed by atoms with E-state index in [-0.39, 0.29) is 6.10 Å². The van der Waals surface area contributed by atoms with Crippen molar-refractivity contribution in [2.75, 3.05) is 13.1 Å². The molecule has 1 aliphatic heterocycles. The van der Waals surface area contributed by atoms with Gasteiger partial charge in [-0.15, -0.1) is 0 Å². The van der Waals surface area contributed by atoms with Crippen LogP contribution in [0.3, 0.4) is 0 Å². The summed E-state index contributed by atoms with van der Waals surface area (Å²) >= 11 is 0. The lowest BCUT2D eigenvalue weighted by atomic mass is 10.1. The van der Waals surface area contributed by atoms with Crippen LogP contribution in [-0.2, 0) is 4.74 Å². The minimum atomic E-state index is 0.0647. The molecule has 1 N–H and O–H groups in total. The van der Waals surface area contributed by atoms with Gasteiger partial charge in [0.1, 0.15) is 11.9 Å². The fourth-order valence-electron chi connectivity index (χ4n) is 1.81. The molecule has 0 spiro atoms. The minimum absolute atomic E-state index is 0.0647. The number of ether oxygens (including phenoxy) is 1. The molecule has 0 aliphatic carbocycles. The summed E-state index contributed by atoms with van der Waals surface area (Å²) in [6, 6.07) is 3.86. The first-order valence-corrected chi connectivity index (χ1v) is 5.26. The molecule has 1 saturated heterocycles. The maximum Gasteiger partial charge on any atom is 0.132 e. The monoisotopic (exact) mass is 195 g/mol. The lowest BCUT2D eigenvalue weighted by molar-refractivity contribution is -0.0245. The van der Waals surface area contributed by atoms with Gasteiger partial charge in [-0.2, -0.15) is 0 Å². The first kappa shape index (κ1) is 9.74. The van der Waals surface area contributed by atoms with E-state index < -0.39 is 0 Å². The highest BCUT2D eigenvalue weighted by molar-refractivity contribution is 5.01. The van der Waals surface area contributed by atoms with Gasteiger partial charge in [0.25, 0.3) is 0 Å². The van der Waals surface area contributed by atoms with Gasteiger partial charge >= 0.3 is 0 Å². The topological polar surface area (TPSA) is 34.4 Å². The van der Waals surface area contributed by atoms with E-state index >= 15 is 0 Å². The van der Waals surface area contributed by atoms with Crippen molar-refractivity contribution in [1.82, 2.24) is 5.32 Å². The van der Waals surface area contributed by atoms with Crippen LogP contribution in [0.5, 0.6) is 0 Å². The number of rotatable bonds is 3. The van der Waals surface area contributed by atoms with Crippen LogP contribution in [0, 0.1) is 0 Å². The Kier molecular flexibility index (Phi) is 3.22. The molecule has 0 radical (unpaired) electrons. The van der Waals surface area contributed by atoms with Crippen molar-refractivity contribution in [3.8, 4) is 0 Å². The predicted octanol–water partition coefficient (Wildman–Crippen LogP) is 2.11. The van der Waals surface area contributed by atoms with E-state index in [1.54, 1.807) is 6.26 Å². The highest BCUT2D eigenvalue weighted by Gasteiger charge is 2.18. The zero-order valence-electron chi connectivity index (χ0n) is 8.53. The summed E-state index contributed by atoms with van der Waals surface area (Å²) < 4.78 is 11.2. The predicted molar refractivity (Wildman–Crippen MR) is 54.1 cm³/mol. The van der Waals surface area contributed by atoms with Crippen molar-refractivity contribution in [3.05, 3.63) is 24.2 Å². The molecule has 0 unspecified atom stereocenters. The Morgan fingerprint density at radius 2 is 2.57 bits per heavy atom. The van der Waals surface area contributed by atoms with Crippen molar-refractivity contribution in [2.24, 2.45) is 0 Å². The second kappa shape index (κ2) is 4.62. The molecule has 1 aliphatic rings. The van der Waals surface area contributed by atoms with Gasteiger partial charge in [-0.05, 0) is 38.4 Å². The van der Waals surface area contributed by atoms with Crippen LogP contribution in [0.4, 0.5) is 0 Å². The number of nitrogens with one attached hydrogen (secondary N) is 1. The van der Waals surface area contributed by atoms with Gasteiger partial charge in [-0.25, -0.2) is 0 Å². The smallest absolute Gasteiger partial charge is 0.132 e.